The molecule has 0 radical (unpaired) electrons. The van der Waals surface area contributed by atoms with Crippen molar-refractivity contribution in [2.45, 2.75) is 6.42 Å². The third-order valence-corrected chi connectivity index (χ3v) is 2.81. The van der Waals surface area contributed by atoms with Crippen molar-refractivity contribution in [3.8, 4) is 0 Å². The predicted octanol–water partition coefficient (Wildman–Crippen LogP) is 1.50. The predicted molar refractivity (Wildman–Crippen MR) is 76.4 cm³/mol. The molecule has 0 saturated heterocycles. The number of carbonyl (C=O) groups excluding carboxylic acids is 1. The topological polar surface area (TPSA) is 90.1 Å². The molecule has 2 rings (SSSR count). The van der Waals surface area contributed by atoms with Gasteiger partial charge < -0.3 is 15.8 Å². The van der Waals surface area contributed by atoms with Crippen LogP contribution in [-0.4, -0.2) is 29.6 Å². The number of aromatic nitrogens is 2. The van der Waals surface area contributed by atoms with Gasteiger partial charge in [-0.1, -0.05) is 0 Å². The van der Waals surface area contributed by atoms with Crippen LogP contribution in [0.1, 0.15) is 15.9 Å². The molecule has 0 fully saturated rings. The summed E-state index contributed by atoms with van der Waals surface area (Å²) in [5.41, 5.74) is 7.48. The van der Waals surface area contributed by atoms with E-state index in [4.69, 9.17) is 5.73 Å². The third-order valence-electron chi connectivity index (χ3n) is 2.81. The first-order chi connectivity index (χ1) is 9.70. The molecule has 0 aliphatic rings. The summed E-state index contributed by atoms with van der Waals surface area (Å²) < 4.78 is 4.66. The highest BCUT2D eigenvalue weighted by molar-refractivity contribution is 5.95. The first kappa shape index (κ1) is 13.8. The van der Waals surface area contributed by atoms with Gasteiger partial charge >= 0.3 is 5.97 Å². The lowest BCUT2D eigenvalue weighted by molar-refractivity contribution is 0.0602. The Balaban J connectivity index is 1.98. The number of pyridine rings is 2. The fourth-order valence-electron chi connectivity index (χ4n) is 1.73. The van der Waals surface area contributed by atoms with E-state index in [1.807, 2.05) is 12.1 Å². The van der Waals surface area contributed by atoms with Crippen LogP contribution in [-0.2, 0) is 11.2 Å². The van der Waals surface area contributed by atoms with Crippen LogP contribution in [0.5, 0.6) is 0 Å². The number of carbonyl (C=O) groups is 1. The highest BCUT2D eigenvalue weighted by Gasteiger charge is 2.11. The van der Waals surface area contributed by atoms with E-state index in [0.29, 0.717) is 23.6 Å². The lowest BCUT2D eigenvalue weighted by atomic mass is 10.2. The van der Waals surface area contributed by atoms with E-state index in [0.717, 1.165) is 6.42 Å². The highest BCUT2D eigenvalue weighted by Crippen LogP contribution is 2.15. The van der Waals surface area contributed by atoms with Crippen LogP contribution in [0.15, 0.2) is 36.8 Å². The Hall–Kier alpha value is -2.63. The molecule has 0 aromatic carbocycles. The minimum Gasteiger partial charge on any atom is -0.465 e. The van der Waals surface area contributed by atoms with Gasteiger partial charge in [0, 0.05) is 18.9 Å². The maximum absolute atomic E-state index is 11.5. The van der Waals surface area contributed by atoms with Crippen LogP contribution in [0.3, 0.4) is 0 Å². The summed E-state index contributed by atoms with van der Waals surface area (Å²) >= 11 is 0. The summed E-state index contributed by atoms with van der Waals surface area (Å²) in [6, 6.07) is 5.50. The van der Waals surface area contributed by atoms with Gasteiger partial charge in [0.2, 0.25) is 0 Å². The Bertz CT molecular complexity index is 587. The lowest BCUT2D eigenvalue weighted by Gasteiger charge is -2.08. The largest absolute Gasteiger partial charge is 0.465 e. The highest BCUT2D eigenvalue weighted by atomic mass is 16.5. The molecule has 0 amide bonds. The summed E-state index contributed by atoms with van der Waals surface area (Å²) in [5.74, 6) is 0.121. The Morgan fingerprint density at radius 2 is 2.15 bits per heavy atom. The van der Waals surface area contributed by atoms with Crippen molar-refractivity contribution in [2.75, 3.05) is 24.7 Å². The SMILES string of the molecule is COC(=O)c1cc(NCCc2ccncc2)ncc1N. The minimum atomic E-state index is -0.470. The summed E-state index contributed by atoms with van der Waals surface area (Å²) in [4.78, 5) is 19.6. The third kappa shape index (κ3) is 3.44. The van der Waals surface area contributed by atoms with E-state index in [1.54, 1.807) is 18.5 Å². The molecule has 0 saturated carbocycles. The van der Waals surface area contributed by atoms with E-state index in [1.165, 1.54) is 18.9 Å². The quantitative estimate of drug-likeness (QED) is 0.802. The van der Waals surface area contributed by atoms with Crippen LogP contribution >= 0.6 is 0 Å². The number of hydrogen-bond acceptors (Lipinski definition) is 6. The first-order valence-corrected chi connectivity index (χ1v) is 6.17. The van der Waals surface area contributed by atoms with Crippen LogP contribution in [0.2, 0.25) is 0 Å². The zero-order valence-electron chi connectivity index (χ0n) is 11.2. The zero-order chi connectivity index (χ0) is 14.4. The van der Waals surface area contributed by atoms with Gasteiger partial charge in [0.15, 0.2) is 0 Å². The van der Waals surface area contributed by atoms with Crippen LogP contribution in [0, 0.1) is 0 Å². The van der Waals surface area contributed by atoms with E-state index in [-0.39, 0.29) is 0 Å². The van der Waals surface area contributed by atoms with E-state index < -0.39 is 5.97 Å². The number of nitrogens with zero attached hydrogens (tertiary/aromatic N) is 2. The molecule has 0 unspecified atom stereocenters. The molecule has 0 bridgehead atoms. The molecule has 6 nitrogen and oxygen atoms in total. The van der Waals surface area contributed by atoms with E-state index in [2.05, 4.69) is 20.0 Å². The normalized spacial score (nSPS) is 10.1. The Labute approximate surface area is 117 Å². The second-order valence-electron chi connectivity index (χ2n) is 4.18. The molecule has 2 heterocycles. The summed E-state index contributed by atoms with van der Waals surface area (Å²) in [6.45, 7) is 0.696. The van der Waals surface area contributed by atoms with Crippen LogP contribution < -0.4 is 11.1 Å². The zero-order valence-corrected chi connectivity index (χ0v) is 11.2. The number of nitrogen functional groups attached to an aromatic ring is 1. The standard InChI is InChI=1S/C14H16N4O2/c1-20-14(19)11-8-13(18-9-12(11)15)17-7-4-10-2-5-16-6-3-10/h2-3,5-6,8-9H,4,7,15H2,1H3,(H,17,18). The average Bonchev–Trinajstić information content (AvgIpc) is 2.49. The maximum atomic E-state index is 11.5. The van der Waals surface area contributed by atoms with Crippen molar-refractivity contribution < 1.29 is 9.53 Å². The molecule has 104 valence electrons. The monoisotopic (exact) mass is 272 g/mol. The number of anilines is 2. The second kappa shape index (κ2) is 6.51. The fraction of sp³-hybridized carbons (Fsp3) is 0.214. The van der Waals surface area contributed by atoms with Gasteiger partial charge in [-0.2, -0.15) is 0 Å². The smallest absolute Gasteiger partial charge is 0.340 e. The van der Waals surface area contributed by atoms with Crippen molar-refractivity contribution >= 4 is 17.5 Å². The Morgan fingerprint density at radius 3 is 2.85 bits per heavy atom. The molecule has 20 heavy (non-hydrogen) atoms. The molecular weight excluding hydrogens is 256 g/mol. The number of esters is 1. The van der Waals surface area contributed by atoms with Crippen molar-refractivity contribution in [2.24, 2.45) is 0 Å². The molecule has 0 aliphatic carbocycles. The van der Waals surface area contributed by atoms with Gasteiger partial charge in [0.25, 0.3) is 0 Å². The molecule has 6 heteroatoms. The summed E-state index contributed by atoms with van der Waals surface area (Å²) in [6.07, 6.45) is 5.79. The molecule has 2 aromatic heterocycles. The number of nitrogens with one attached hydrogen (secondary N) is 1. The lowest BCUT2D eigenvalue weighted by Crippen LogP contribution is -2.10. The fourth-order valence-corrected chi connectivity index (χ4v) is 1.73. The van der Waals surface area contributed by atoms with Crippen molar-refractivity contribution in [1.29, 1.82) is 0 Å². The van der Waals surface area contributed by atoms with Crippen LogP contribution in [0.25, 0.3) is 0 Å². The second-order valence-corrected chi connectivity index (χ2v) is 4.18. The molecule has 0 aliphatic heterocycles. The molecular formula is C14H16N4O2. The van der Waals surface area contributed by atoms with Gasteiger partial charge in [0.1, 0.15) is 5.82 Å². The van der Waals surface area contributed by atoms with Crippen molar-refractivity contribution in [1.82, 2.24) is 9.97 Å². The van der Waals surface area contributed by atoms with Gasteiger partial charge in [0.05, 0.1) is 24.6 Å². The first-order valence-electron chi connectivity index (χ1n) is 6.17. The average molecular weight is 272 g/mol. The van der Waals surface area contributed by atoms with Gasteiger partial charge in [-0.15, -0.1) is 0 Å². The summed E-state index contributed by atoms with van der Waals surface area (Å²) in [5, 5.41) is 3.14. The minimum absolute atomic E-state index is 0.302. The van der Waals surface area contributed by atoms with Crippen molar-refractivity contribution in [3.05, 3.63) is 47.9 Å². The number of rotatable bonds is 5. The Morgan fingerprint density at radius 1 is 1.40 bits per heavy atom. The van der Waals surface area contributed by atoms with Crippen molar-refractivity contribution in [3.63, 3.8) is 0 Å². The number of methoxy groups -OCH3 is 1. The van der Waals surface area contributed by atoms with Gasteiger partial charge in [-0.25, -0.2) is 9.78 Å². The Kier molecular flexibility index (Phi) is 4.49. The van der Waals surface area contributed by atoms with E-state index >= 15 is 0 Å². The molecule has 2 aromatic rings. The van der Waals surface area contributed by atoms with E-state index in [9.17, 15) is 4.79 Å². The van der Waals surface area contributed by atoms with Gasteiger partial charge in [-0.3, -0.25) is 4.98 Å². The van der Waals surface area contributed by atoms with Gasteiger partial charge in [-0.05, 0) is 30.2 Å². The maximum Gasteiger partial charge on any atom is 0.340 e. The number of hydrogen-bond donors (Lipinski definition) is 2. The molecule has 3 N–H and O–H groups in total. The molecule has 0 atom stereocenters. The number of nitrogens with two attached hydrogens (primary N) is 1. The molecule has 0 spiro atoms. The number of ether oxygens (including phenoxy) is 1. The summed E-state index contributed by atoms with van der Waals surface area (Å²) in [7, 11) is 1.32. The van der Waals surface area contributed by atoms with Crippen LogP contribution in [0.4, 0.5) is 11.5 Å².